The van der Waals surface area contributed by atoms with Crippen molar-refractivity contribution in [2.45, 2.75) is 6.42 Å². The van der Waals surface area contributed by atoms with E-state index in [-0.39, 0.29) is 18.0 Å². The molecule has 0 aliphatic heterocycles. The minimum Gasteiger partial charge on any atom is -0.496 e. The van der Waals surface area contributed by atoms with Gasteiger partial charge in [0.15, 0.2) is 0 Å². The van der Waals surface area contributed by atoms with E-state index in [4.69, 9.17) is 10.5 Å². The number of nitrogen functional groups attached to an aromatic ring is 1. The van der Waals surface area contributed by atoms with Crippen molar-refractivity contribution in [2.24, 2.45) is 0 Å². The highest BCUT2D eigenvalue weighted by atomic mass is 19.1. The number of para-hydroxylation sites is 1. The second kappa shape index (κ2) is 6.06. The van der Waals surface area contributed by atoms with Gasteiger partial charge >= 0.3 is 0 Å². The van der Waals surface area contributed by atoms with E-state index in [0.717, 1.165) is 5.56 Å². The molecule has 0 saturated carbocycles. The molecule has 1 amide bonds. The number of amides is 1. The summed E-state index contributed by atoms with van der Waals surface area (Å²) in [5.41, 5.74) is 6.61. The maximum atomic E-state index is 13.6. The van der Waals surface area contributed by atoms with E-state index >= 15 is 0 Å². The molecule has 0 fully saturated rings. The number of hydrogen-bond acceptors (Lipinski definition) is 3. The van der Waals surface area contributed by atoms with Crippen LogP contribution in [0.5, 0.6) is 5.75 Å². The molecule has 2 aromatic carbocycles. The fourth-order valence-electron chi connectivity index (χ4n) is 1.85. The van der Waals surface area contributed by atoms with E-state index in [0.29, 0.717) is 11.4 Å². The van der Waals surface area contributed by atoms with Gasteiger partial charge in [0.1, 0.15) is 11.6 Å². The Kier molecular flexibility index (Phi) is 4.20. The van der Waals surface area contributed by atoms with E-state index in [9.17, 15) is 9.18 Å². The normalized spacial score (nSPS) is 10.1. The van der Waals surface area contributed by atoms with Crippen molar-refractivity contribution in [1.29, 1.82) is 0 Å². The molecule has 4 nitrogen and oxygen atoms in total. The highest BCUT2D eigenvalue weighted by molar-refractivity contribution is 5.92. The first kappa shape index (κ1) is 13.9. The number of ether oxygens (including phenoxy) is 1. The number of rotatable bonds is 4. The third kappa shape index (κ3) is 3.26. The standard InChI is InChI=1S/C15H15FN2O2/c1-20-14-5-3-2-4-10(14)8-15(19)18-13-7-6-11(17)9-12(13)16/h2-7,9H,8,17H2,1H3,(H,18,19). The van der Waals surface area contributed by atoms with Gasteiger partial charge < -0.3 is 15.8 Å². The third-order valence-corrected chi connectivity index (χ3v) is 2.81. The van der Waals surface area contributed by atoms with Gasteiger partial charge in [0.25, 0.3) is 0 Å². The van der Waals surface area contributed by atoms with E-state index in [1.54, 1.807) is 12.1 Å². The fraction of sp³-hybridized carbons (Fsp3) is 0.133. The van der Waals surface area contributed by atoms with Crippen LogP contribution in [0, 0.1) is 5.82 Å². The zero-order valence-electron chi connectivity index (χ0n) is 11.0. The molecule has 0 heterocycles. The molecule has 0 bridgehead atoms. The van der Waals surface area contributed by atoms with Crippen molar-refractivity contribution in [1.82, 2.24) is 0 Å². The largest absolute Gasteiger partial charge is 0.496 e. The monoisotopic (exact) mass is 274 g/mol. The number of methoxy groups -OCH3 is 1. The number of carbonyl (C=O) groups excluding carboxylic acids is 1. The minimum atomic E-state index is -0.557. The van der Waals surface area contributed by atoms with Gasteiger partial charge in [-0.3, -0.25) is 4.79 Å². The second-order valence-corrected chi connectivity index (χ2v) is 4.28. The lowest BCUT2D eigenvalue weighted by Crippen LogP contribution is -2.15. The lowest BCUT2D eigenvalue weighted by Gasteiger charge is -2.09. The van der Waals surface area contributed by atoms with E-state index in [1.807, 2.05) is 12.1 Å². The van der Waals surface area contributed by atoms with Gasteiger partial charge in [0.05, 0.1) is 19.2 Å². The van der Waals surface area contributed by atoms with Crippen LogP contribution in [0.3, 0.4) is 0 Å². The first-order chi connectivity index (χ1) is 9.60. The molecule has 2 rings (SSSR count). The molecule has 5 heteroatoms. The minimum absolute atomic E-state index is 0.105. The Morgan fingerprint density at radius 3 is 2.75 bits per heavy atom. The van der Waals surface area contributed by atoms with Gasteiger partial charge in [-0.15, -0.1) is 0 Å². The number of hydrogen-bond donors (Lipinski definition) is 2. The van der Waals surface area contributed by atoms with Crippen LogP contribution in [-0.2, 0) is 11.2 Å². The molecule has 0 aromatic heterocycles. The Hall–Kier alpha value is -2.56. The summed E-state index contributed by atoms with van der Waals surface area (Å²) in [5, 5.41) is 2.51. The van der Waals surface area contributed by atoms with Gasteiger partial charge in [-0.05, 0) is 24.3 Å². The fourth-order valence-corrected chi connectivity index (χ4v) is 1.85. The van der Waals surface area contributed by atoms with Gasteiger partial charge in [-0.25, -0.2) is 4.39 Å². The summed E-state index contributed by atoms with van der Waals surface area (Å²) in [7, 11) is 1.54. The van der Waals surface area contributed by atoms with Crippen molar-refractivity contribution in [3.8, 4) is 5.75 Å². The Morgan fingerprint density at radius 1 is 1.30 bits per heavy atom. The summed E-state index contributed by atoms with van der Waals surface area (Å²) in [6.45, 7) is 0. The molecular formula is C15H15FN2O2. The topological polar surface area (TPSA) is 64.3 Å². The van der Waals surface area contributed by atoms with Gasteiger partial charge in [-0.2, -0.15) is 0 Å². The Labute approximate surface area is 116 Å². The molecule has 3 N–H and O–H groups in total. The molecule has 0 spiro atoms. The van der Waals surface area contributed by atoms with Crippen molar-refractivity contribution in [3.63, 3.8) is 0 Å². The number of nitrogens with one attached hydrogen (secondary N) is 1. The molecular weight excluding hydrogens is 259 g/mol. The van der Waals surface area contributed by atoms with Gasteiger partial charge in [0.2, 0.25) is 5.91 Å². The lowest BCUT2D eigenvalue weighted by atomic mass is 10.1. The van der Waals surface area contributed by atoms with E-state index in [1.165, 1.54) is 25.3 Å². The molecule has 0 aliphatic carbocycles. The number of benzene rings is 2. The van der Waals surface area contributed by atoms with Gasteiger partial charge in [0, 0.05) is 11.3 Å². The molecule has 0 aliphatic rings. The van der Waals surface area contributed by atoms with Crippen LogP contribution in [-0.4, -0.2) is 13.0 Å². The van der Waals surface area contributed by atoms with E-state index in [2.05, 4.69) is 5.32 Å². The first-order valence-electron chi connectivity index (χ1n) is 6.07. The van der Waals surface area contributed by atoms with Crippen LogP contribution in [0.1, 0.15) is 5.56 Å². The van der Waals surface area contributed by atoms with Crippen molar-refractivity contribution >= 4 is 17.3 Å². The predicted molar refractivity (Wildman–Crippen MR) is 76.1 cm³/mol. The van der Waals surface area contributed by atoms with Crippen LogP contribution in [0.2, 0.25) is 0 Å². The lowest BCUT2D eigenvalue weighted by molar-refractivity contribution is -0.115. The summed E-state index contributed by atoms with van der Waals surface area (Å²) in [4.78, 5) is 11.9. The summed E-state index contributed by atoms with van der Waals surface area (Å²) >= 11 is 0. The molecule has 0 unspecified atom stereocenters. The molecule has 2 aromatic rings. The third-order valence-electron chi connectivity index (χ3n) is 2.81. The maximum Gasteiger partial charge on any atom is 0.229 e. The number of nitrogens with two attached hydrogens (primary N) is 1. The molecule has 0 saturated heterocycles. The highest BCUT2D eigenvalue weighted by Crippen LogP contribution is 2.20. The van der Waals surface area contributed by atoms with Crippen LogP contribution < -0.4 is 15.8 Å². The Balaban J connectivity index is 2.09. The molecule has 0 atom stereocenters. The van der Waals surface area contributed by atoms with Crippen molar-refractivity contribution < 1.29 is 13.9 Å². The summed E-state index contributed by atoms with van der Waals surface area (Å²) in [5.74, 6) is -0.253. The van der Waals surface area contributed by atoms with Crippen molar-refractivity contribution in [3.05, 3.63) is 53.8 Å². The average Bonchev–Trinajstić information content (AvgIpc) is 2.42. The van der Waals surface area contributed by atoms with Crippen molar-refractivity contribution in [2.75, 3.05) is 18.2 Å². The van der Waals surface area contributed by atoms with Crippen LogP contribution in [0.25, 0.3) is 0 Å². The summed E-state index contributed by atoms with van der Waals surface area (Å²) < 4.78 is 18.7. The van der Waals surface area contributed by atoms with E-state index < -0.39 is 5.82 Å². The quantitative estimate of drug-likeness (QED) is 0.842. The van der Waals surface area contributed by atoms with Crippen LogP contribution >= 0.6 is 0 Å². The predicted octanol–water partition coefficient (Wildman–Crippen LogP) is 2.60. The average molecular weight is 274 g/mol. The van der Waals surface area contributed by atoms with Crippen LogP contribution in [0.15, 0.2) is 42.5 Å². The van der Waals surface area contributed by atoms with Gasteiger partial charge in [-0.1, -0.05) is 18.2 Å². The number of carbonyl (C=O) groups is 1. The molecule has 20 heavy (non-hydrogen) atoms. The van der Waals surface area contributed by atoms with Crippen LogP contribution in [0.4, 0.5) is 15.8 Å². The second-order valence-electron chi connectivity index (χ2n) is 4.28. The molecule has 104 valence electrons. The maximum absolute atomic E-state index is 13.6. The highest BCUT2D eigenvalue weighted by Gasteiger charge is 2.10. The first-order valence-corrected chi connectivity index (χ1v) is 6.07. The zero-order chi connectivity index (χ0) is 14.5. The zero-order valence-corrected chi connectivity index (χ0v) is 11.0. The SMILES string of the molecule is COc1ccccc1CC(=O)Nc1ccc(N)cc1F. The number of halogens is 1. The summed E-state index contributed by atoms with van der Waals surface area (Å²) in [6.07, 6.45) is 0.105. The smallest absolute Gasteiger partial charge is 0.229 e. The Morgan fingerprint density at radius 2 is 2.05 bits per heavy atom. The summed E-state index contributed by atoms with van der Waals surface area (Å²) in [6, 6.07) is 11.3. The number of anilines is 2. The Bertz CT molecular complexity index is 629. The molecule has 0 radical (unpaired) electrons.